The summed E-state index contributed by atoms with van der Waals surface area (Å²) in [5, 5.41) is 13.8. The molecule has 20 heavy (non-hydrogen) atoms. The number of aromatic amines is 2. The van der Waals surface area contributed by atoms with E-state index in [9.17, 15) is 4.79 Å². The van der Waals surface area contributed by atoms with Gasteiger partial charge in [0.25, 0.3) is 5.56 Å². The minimum absolute atomic E-state index is 0.273. The first-order valence-corrected chi connectivity index (χ1v) is 6.19. The molecule has 2 heterocycles. The summed E-state index contributed by atoms with van der Waals surface area (Å²) in [6.45, 7) is 0. The minimum Gasteiger partial charge on any atom is -0.382 e. The van der Waals surface area contributed by atoms with Crippen molar-refractivity contribution in [2.75, 3.05) is 5.73 Å². The van der Waals surface area contributed by atoms with Gasteiger partial charge in [0.2, 0.25) is 0 Å². The van der Waals surface area contributed by atoms with Crippen LogP contribution in [0.2, 0.25) is 5.02 Å². The predicted octanol–water partition coefficient (Wildman–Crippen LogP) is 2.06. The predicted molar refractivity (Wildman–Crippen MR) is 77.3 cm³/mol. The Morgan fingerprint density at radius 3 is 2.65 bits per heavy atom. The van der Waals surface area contributed by atoms with Gasteiger partial charge in [-0.05, 0) is 23.8 Å². The number of nitrogen functional groups attached to an aromatic ring is 1. The van der Waals surface area contributed by atoms with Crippen molar-refractivity contribution in [3.8, 4) is 22.5 Å². The monoisotopic (exact) mass is 287 g/mol. The maximum absolute atomic E-state index is 11.1. The van der Waals surface area contributed by atoms with Crippen molar-refractivity contribution >= 4 is 17.4 Å². The molecule has 3 aromatic rings. The van der Waals surface area contributed by atoms with Crippen LogP contribution in [0.15, 0.2) is 41.2 Å². The zero-order valence-electron chi connectivity index (χ0n) is 10.2. The van der Waals surface area contributed by atoms with Gasteiger partial charge in [0.1, 0.15) is 5.69 Å². The molecule has 0 spiro atoms. The van der Waals surface area contributed by atoms with E-state index in [0.717, 1.165) is 5.56 Å². The highest BCUT2D eigenvalue weighted by molar-refractivity contribution is 6.30. The molecule has 0 amide bonds. The summed E-state index contributed by atoms with van der Waals surface area (Å²) in [5.74, 6) is 0.343. The van der Waals surface area contributed by atoms with E-state index in [1.165, 1.54) is 6.07 Å². The number of rotatable bonds is 2. The van der Waals surface area contributed by atoms with Crippen LogP contribution in [0.1, 0.15) is 0 Å². The van der Waals surface area contributed by atoms with Crippen LogP contribution >= 0.6 is 11.6 Å². The van der Waals surface area contributed by atoms with Gasteiger partial charge in [-0.3, -0.25) is 9.89 Å². The topological polar surface area (TPSA) is 100 Å². The van der Waals surface area contributed by atoms with Crippen molar-refractivity contribution in [2.24, 2.45) is 0 Å². The fourth-order valence-corrected chi connectivity index (χ4v) is 2.15. The zero-order valence-corrected chi connectivity index (χ0v) is 11.0. The van der Waals surface area contributed by atoms with Crippen molar-refractivity contribution in [2.45, 2.75) is 0 Å². The van der Waals surface area contributed by atoms with E-state index in [0.29, 0.717) is 27.8 Å². The first-order valence-electron chi connectivity index (χ1n) is 5.81. The number of nitrogens with zero attached hydrogens (tertiary/aromatic N) is 2. The van der Waals surface area contributed by atoms with Gasteiger partial charge in [-0.2, -0.15) is 10.2 Å². The molecule has 1 aromatic carbocycles. The Morgan fingerprint density at radius 1 is 1.10 bits per heavy atom. The van der Waals surface area contributed by atoms with E-state index >= 15 is 0 Å². The lowest BCUT2D eigenvalue weighted by Gasteiger charge is -2.04. The van der Waals surface area contributed by atoms with Crippen LogP contribution in [0, 0.1) is 0 Å². The van der Waals surface area contributed by atoms with Gasteiger partial charge in [0.15, 0.2) is 5.82 Å². The lowest BCUT2D eigenvalue weighted by molar-refractivity contribution is 0.982. The number of hydrogen-bond donors (Lipinski definition) is 3. The second kappa shape index (κ2) is 4.82. The summed E-state index contributed by atoms with van der Waals surface area (Å²) >= 11 is 6.00. The third-order valence-electron chi connectivity index (χ3n) is 2.84. The van der Waals surface area contributed by atoms with Crippen molar-refractivity contribution < 1.29 is 0 Å². The second-order valence-corrected chi connectivity index (χ2v) is 4.61. The number of hydrogen-bond acceptors (Lipinski definition) is 4. The quantitative estimate of drug-likeness (QED) is 0.671. The van der Waals surface area contributed by atoms with E-state index in [-0.39, 0.29) is 5.56 Å². The number of nitrogens with one attached hydrogen (secondary N) is 2. The smallest absolute Gasteiger partial charge is 0.264 e. The van der Waals surface area contributed by atoms with Crippen LogP contribution in [0.25, 0.3) is 22.5 Å². The molecule has 0 atom stereocenters. The largest absolute Gasteiger partial charge is 0.382 e. The Morgan fingerprint density at radius 2 is 1.95 bits per heavy atom. The molecule has 0 saturated heterocycles. The van der Waals surface area contributed by atoms with Gasteiger partial charge >= 0.3 is 0 Å². The number of halogens is 1. The molecule has 7 heteroatoms. The highest BCUT2D eigenvalue weighted by Gasteiger charge is 2.16. The van der Waals surface area contributed by atoms with Crippen molar-refractivity contribution in [3.63, 3.8) is 0 Å². The Kier molecular flexibility index (Phi) is 3.00. The summed E-state index contributed by atoms with van der Waals surface area (Å²) in [6.07, 6.45) is 0. The maximum atomic E-state index is 11.1. The van der Waals surface area contributed by atoms with Gasteiger partial charge in [0, 0.05) is 11.1 Å². The van der Waals surface area contributed by atoms with Gasteiger partial charge in [0.05, 0.1) is 11.3 Å². The van der Waals surface area contributed by atoms with E-state index in [2.05, 4.69) is 20.4 Å². The maximum Gasteiger partial charge on any atom is 0.264 e. The van der Waals surface area contributed by atoms with E-state index in [1.807, 2.05) is 12.1 Å². The first-order chi connectivity index (χ1) is 9.65. The molecular weight excluding hydrogens is 278 g/mol. The normalized spacial score (nSPS) is 10.7. The summed E-state index contributed by atoms with van der Waals surface area (Å²) in [7, 11) is 0. The molecule has 0 fully saturated rings. The molecular formula is C13H10ClN5O. The summed E-state index contributed by atoms with van der Waals surface area (Å²) < 4.78 is 0. The van der Waals surface area contributed by atoms with Crippen LogP contribution in [-0.2, 0) is 0 Å². The highest BCUT2D eigenvalue weighted by Crippen LogP contribution is 2.34. The molecule has 2 aromatic heterocycles. The average Bonchev–Trinajstić information content (AvgIpc) is 2.81. The molecule has 6 nitrogen and oxygen atoms in total. The molecule has 0 unspecified atom stereocenters. The third kappa shape index (κ3) is 2.17. The Bertz CT molecular complexity index is 803. The summed E-state index contributed by atoms with van der Waals surface area (Å²) in [6, 6.07) is 10.3. The van der Waals surface area contributed by atoms with Gasteiger partial charge in [-0.25, -0.2) is 5.10 Å². The molecule has 0 bridgehead atoms. The number of nitrogens with two attached hydrogens (primary N) is 1. The minimum atomic E-state index is -0.273. The molecule has 0 aliphatic carbocycles. The van der Waals surface area contributed by atoms with Gasteiger partial charge in [-0.1, -0.05) is 23.7 Å². The Labute approximate surface area is 118 Å². The van der Waals surface area contributed by atoms with E-state index in [4.69, 9.17) is 17.3 Å². The number of H-pyrrole nitrogens is 2. The zero-order chi connectivity index (χ0) is 14.1. The van der Waals surface area contributed by atoms with Crippen molar-refractivity contribution in [1.82, 2.24) is 20.4 Å². The Hall–Kier alpha value is -2.60. The van der Waals surface area contributed by atoms with Crippen molar-refractivity contribution in [1.29, 1.82) is 0 Å². The lowest BCUT2D eigenvalue weighted by atomic mass is 10.0. The second-order valence-electron chi connectivity index (χ2n) is 4.18. The van der Waals surface area contributed by atoms with Gasteiger partial charge < -0.3 is 5.73 Å². The fraction of sp³-hybridized carbons (Fsp3) is 0. The number of aromatic nitrogens is 4. The summed E-state index contributed by atoms with van der Waals surface area (Å²) in [4.78, 5) is 11.1. The fourth-order valence-electron chi connectivity index (χ4n) is 1.96. The molecule has 0 radical (unpaired) electrons. The summed E-state index contributed by atoms with van der Waals surface area (Å²) in [5.41, 5.74) is 8.33. The third-order valence-corrected chi connectivity index (χ3v) is 3.08. The molecule has 4 N–H and O–H groups in total. The van der Waals surface area contributed by atoms with Crippen LogP contribution < -0.4 is 11.3 Å². The molecule has 0 aliphatic rings. The number of benzene rings is 1. The van der Waals surface area contributed by atoms with Crippen LogP contribution in [-0.4, -0.2) is 20.4 Å². The first kappa shape index (κ1) is 12.4. The average molecular weight is 288 g/mol. The van der Waals surface area contributed by atoms with E-state index < -0.39 is 0 Å². The van der Waals surface area contributed by atoms with Crippen LogP contribution in [0.5, 0.6) is 0 Å². The van der Waals surface area contributed by atoms with Crippen LogP contribution in [0.4, 0.5) is 5.82 Å². The SMILES string of the molecule is Nc1n[nH]c(-c2ccc(=O)[nH]n2)c1-c1cccc(Cl)c1. The molecule has 100 valence electrons. The molecule has 0 saturated carbocycles. The lowest BCUT2D eigenvalue weighted by Crippen LogP contribution is -2.05. The molecule has 3 rings (SSSR count). The number of anilines is 1. The van der Waals surface area contributed by atoms with Crippen LogP contribution in [0.3, 0.4) is 0 Å². The standard InChI is InChI=1S/C13H10ClN5O/c14-8-3-1-2-7(6-8)11-12(18-19-13(11)15)9-4-5-10(20)17-16-9/h1-6H,(H,17,20)(H3,15,18,19). The van der Waals surface area contributed by atoms with E-state index in [1.54, 1.807) is 18.2 Å². The highest BCUT2D eigenvalue weighted by atomic mass is 35.5. The molecule has 0 aliphatic heterocycles. The Balaban J connectivity index is 2.19. The van der Waals surface area contributed by atoms with Gasteiger partial charge in [-0.15, -0.1) is 0 Å². The van der Waals surface area contributed by atoms with Crippen molar-refractivity contribution in [3.05, 3.63) is 51.8 Å².